The molecule has 0 atom stereocenters. The van der Waals surface area contributed by atoms with Gasteiger partial charge in [0, 0.05) is 6.42 Å². The summed E-state index contributed by atoms with van der Waals surface area (Å²) in [6.45, 7) is 1.73. The fraction of sp³-hybridized carbons (Fsp3) is 0.364. The first-order valence-corrected chi connectivity index (χ1v) is 4.88. The van der Waals surface area contributed by atoms with E-state index < -0.39 is 0 Å². The highest BCUT2D eigenvalue weighted by molar-refractivity contribution is 5.75. The Morgan fingerprint density at radius 3 is 2.87 bits per heavy atom. The van der Waals surface area contributed by atoms with Crippen LogP contribution in [0.5, 0.6) is 0 Å². The van der Waals surface area contributed by atoms with Gasteiger partial charge in [0.15, 0.2) is 0 Å². The van der Waals surface area contributed by atoms with Gasteiger partial charge in [-0.1, -0.05) is 12.1 Å². The van der Waals surface area contributed by atoms with Gasteiger partial charge in [-0.05, 0) is 37.0 Å². The van der Waals surface area contributed by atoms with E-state index in [4.69, 9.17) is 5.84 Å². The lowest BCUT2D eigenvalue weighted by molar-refractivity contribution is -0.121. The fourth-order valence-corrected chi connectivity index (χ4v) is 1.39. The lowest BCUT2D eigenvalue weighted by atomic mass is 10.1. The first-order valence-electron chi connectivity index (χ1n) is 4.88. The summed E-state index contributed by atoms with van der Waals surface area (Å²) in [5, 5.41) is 0. The second-order valence-electron chi connectivity index (χ2n) is 3.50. The molecule has 0 bridgehead atoms. The molecule has 4 heteroatoms. The van der Waals surface area contributed by atoms with Crippen LogP contribution in [0.2, 0.25) is 0 Å². The molecule has 1 aromatic carbocycles. The molecule has 3 nitrogen and oxygen atoms in total. The number of amides is 1. The third kappa shape index (κ3) is 3.67. The van der Waals surface area contributed by atoms with E-state index in [1.165, 1.54) is 6.07 Å². The number of benzene rings is 1. The number of hydrogen-bond acceptors (Lipinski definition) is 2. The molecular formula is C11H15FN2O. The van der Waals surface area contributed by atoms with Gasteiger partial charge in [-0.3, -0.25) is 10.2 Å². The second kappa shape index (κ2) is 5.46. The van der Waals surface area contributed by atoms with Crippen LogP contribution in [0, 0.1) is 12.7 Å². The highest BCUT2D eigenvalue weighted by Crippen LogP contribution is 2.11. The molecule has 1 aromatic rings. The lowest BCUT2D eigenvalue weighted by Crippen LogP contribution is -2.29. The van der Waals surface area contributed by atoms with E-state index >= 15 is 0 Å². The predicted molar refractivity (Wildman–Crippen MR) is 56.4 cm³/mol. The van der Waals surface area contributed by atoms with Crippen molar-refractivity contribution in [2.24, 2.45) is 5.84 Å². The van der Waals surface area contributed by atoms with Gasteiger partial charge in [-0.15, -0.1) is 0 Å². The maximum absolute atomic E-state index is 12.9. The van der Waals surface area contributed by atoms with Crippen molar-refractivity contribution in [1.82, 2.24) is 5.43 Å². The fourth-order valence-electron chi connectivity index (χ4n) is 1.39. The van der Waals surface area contributed by atoms with E-state index in [0.29, 0.717) is 18.4 Å². The molecular weight excluding hydrogens is 195 g/mol. The zero-order valence-electron chi connectivity index (χ0n) is 8.72. The van der Waals surface area contributed by atoms with Crippen molar-refractivity contribution in [2.75, 3.05) is 0 Å². The van der Waals surface area contributed by atoms with E-state index in [2.05, 4.69) is 5.43 Å². The number of aryl methyl sites for hydroxylation is 2. The smallest absolute Gasteiger partial charge is 0.233 e. The Balaban J connectivity index is 2.44. The van der Waals surface area contributed by atoms with Gasteiger partial charge < -0.3 is 0 Å². The molecule has 0 aliphatic heterocycles. The largest absolute Gasteiger partial charge is 0.294 e. The van der Waals surface area contributed by atoms with Crippen molar-refractivity contribution >= 4 is 5.91 Å². The molecule has 0 aliphatic carbocycles. The molecule has 0 aliphatic rings. The summed E-state index contributed by atoms with van der Waals surface area (Å²) >= 11 is 0. The van der Waals surface area contributed by atoms with E-state index in [9.17, 15) is 9.18 Å². The third-order valence-corrected chi connectivity index (χ3v) is 2.25. The van der Waals surface area contributed by atoms with E-state index in [-0.39, 0.29) is 11.7 Å². The number of hydrazine groups is 1. The molecule has 0 heterocycles. The molecule has 0 spiro atoms. The van der Waals surface area contributed by atoms with E-state index in [0.717, 1.165) is 12.0 Å². The molecule has 15 heavy (non-hydrogen) atoms. The van der Waals surface area contributed by atoms with Crippen LogP contribution >= 0.6 is 0 Å². The van der Waals surface area contributed by atoms with Crippen LogP contribution in [0.1, 0.15) is 24.0 Å². The lowest BCUT2D eigenvalue weighted by Gasteiger charge is -2.03. The Hall–Kier alpha value is -1.42. The summed E-state index contributed by atoms with van der Waals surface area (Å²) in [6, 6.07) is 4.99. The maximum Gasteiger partial charge on any atom is 0.233 e. The SMILES string of the molecule is Cc1cc(CCCC(=O)NN)ccc1F. The molecule has 1 rings (SSSR count). The minimum Gasteiger partial charge on any atom is -0.294 e. The highest BCUT2D eigenvalue weighted by atomic mass is 19.1. The molecule has 0 unspecified atom stereocenters. The number of rotatable bonds is 4. The van der Waals surface area contributed by atoms with Crippen LogP contribution in [0.25, 0.3) is 0 Å². The Morgan fingerprint density at radius 1 is 1.53 bits per heavy atom. The standard InChI is InChI=1S/C11H15FN2O/c1-8-7-9(5-6-10(8)12)3-2-4-11(15)14-13/h5-7H,2-4,13H2,1H3,(H,14,15). The average Bonchev–Trinajstić information content (AvgIpc) is 2.23. The topological polar surface area (TPSA) is 55.1 Å². The normalized spacial score (nSPS) is 10.1. The highest BCUT2D eigenvalue weighted by Gasteiger charge is 2.01. The monoisotopic (exact) mass is 210 g/mol. The Morgan fingerprint density at radius 2 is 2.27 bits per heavy atom. The van der Waals surface area contributed by atoms with E-state index in [1.54, 1.807) is 19.1 Å². The summed E-state index contributed by atoms with van der Waals surface area (Å²) < 4.78 is 12.9. The summed E-state index contributed by atoms with van der Waals surface area (Å²) in [4.78, 5) is 10.8. The average molecular weight is 210 g/mol. The number of nitrogens with two attached hydrogens (primary N) is 1. The van der Waals surface area contributed by atoms with E-state index in [1.807, 2.05) is 0 Å². The molecule has 0 fully saturated rings. The van der Waals surface area contributed by atoms with Gasteiger partial charge in [0.25, 0.3) is 0 Å². The van der Waals surface area contributed by atoms with Crippen LogP contribution in [0.3, 0.4) is 0 Å². The van der Waals surface area contributed by atoms with Crippen molar-refractivity contribution in [2.45, 2.75) is 26.2 Å². The molecule has 0 aromatic heterocycles. The van der Waals surface area contributed by atoms with Gasteiger partial charge in [-0.2, -0.15) is 0 Å². The van der Waals surface area contributed by atoms with Crippen molar-refractivity contribution in [1.29, 1.82) is 0 Å². The Bertz CT molecular complexity index is 352. The summed E-state index contributed by atoms with van der Waals surface area (Å²) in [5.74, 6) is 4.58. The first kappa shape index (κ1) is 11.7. The number of carbonyl (C=O) groups is 1. The summed E-state index contributed by atoms with van der Waals surface area (Å²) in [5.41, 5.74) is 3.75. The number of halogens is 1. The minimum absolute atomic E-state index is 0.172. The predicted octanol–water partition coefficient (Wildman–Crippen LogP) is 1.45. The van der Waals surface area contributed by atoms with Crippen LogP contribution < -0.4 is 11.3 Å². The van der Waals surface area contributed by atoms with Crippen LogP contribution in [0.15, 0.2) is 18.2 Å². The molecule has 0 saturated carbocycles. The Labute approximate surface area is 88.4 Å². The second-order valence-corrected chi connectivity index (χ2v) is 3.50. The van der Waals surface area contributed by atoms with Gasteiger partial charge in [0.05, 0.1) is 0 Å². The number of carbonyl (C=O) groups excluding carboxylic acids is 1. The van der Waals surface area contributed by atoms with Gasteiger partial charge in [-0.25, -0.2) is 10.2 Å². The number of nitrogens with one attached hydrogen (secondary N) is 1. The quantitative estimate of drug-likeness (QED) is 0.449. The molecule has 0 saturated heterocycles. The molecule has 3 N–H and O–H groups in total. The maximum atomic E-state index is 12.9. The van der Waals surface area contributed by atoms with Crippen LogP contribution in [-0.4, -0.2) is 5.91 Å². The van der Waals surface area contributed by atoms with Gasteiger partial charge in [0.2, 0.25) is 5.91 Å². The van der Waals surface area contributed by atoms with Crippen molar-refractivity contribution < 1.29 is 9.18 Å². The molecule has 82 valence electrons. The first-order chi connectivity index (χ1) is 7.13. The van der Waals surface area contributed by atoms with Gasteiger partial charge in [0.1, 0.15) is 5.82 Å². The van der Waals surface area contributed by atoms with Crippen molar-refractivity contribution in [3.63, 3.8) is 0 Å². The van der Waals surface area contributed by atoms with Crippen molar-refractivity contribution in [3.8, 4) is 0 Å². The molecule has 1 amide bonds. The minimum atomic E-state index is -0.196. The van der Waals surface area contributed by atoms with Crippen LogP contribution in [-0.2, 0) is 11.2 Å². The van der Waals surface area contributed by atoms with Gasteiger partial charge >= 0.3 is 0 Å². The summed E-state index contributed by atoms with van der Waals surface area (Å²) in [7, 11) is 0. The zero-order valence-corrected chi connectivity index (χ0v) is 8.72. The van der Waals surface area contributed by atoms with Crippen LogP contribution in [0.4, 0.5) is 4.39 Å². The zero-order chi connectivity index (χ0) is 11.3. The molecule has 0 radical (unpaired) electrons. The van der Waals surface area contributed by atoms with Crippen molar-refractivity contribution in [3.05, 3.63) is 35.1 Å². The summed E-state index contributed by atoms with van der Waals surface area (Å²) in [6.07, 6.45) is 1.87. The Kier molecular flexibility index (Phi) is 4.24. The third-order valence-electron chi connectivity index (χ3n) is 2.25. The number of hydrogen-bond donors (Lipinski definition) is 2.